The van der Waals surface area contributed by atoms with E-state index < -0.39 is 0 Å². The van der Waals surface area contributed by atoms with E-state index in [1.54, 1.807) is 6.20 Å². The number of hydrogen-bond acceptors (Lipinski definition) is 5. The third-order valence-electron chi connectivity index (χ3n) is 6.93. The molecule has 1 N–H and O–H groups in total. The van der Waals surface area contributed by atoms with Crippen LogP contribution in [0, 0.1) is 5.82 Å². The number of amides is 1. The van der Waals surface area contributed by atoms with Crippen LogP contribution in [0.3, 0.4) is 0 Å². The molecular formula is C26H32FN5O2. The number of ether oxygens (including phenoxy) is 1. The zero-order valence-corrected chi connectivity index (χ0v) is 19.5. The molecule has 1 aliphatic heterocycles. The number of anilines is 1. The van der Waals surface area contributed by atoms with Crippen LogP contribution >= 0.6 is 0 Å². The number of rotatable bonds is 7. The van der Waals surface area contributed by atoms with Gasteiger partial charge >= 0.3 is 0 Å². The van der Waals surface area contributed by atoms with Gasteiger partial charge in [0.15, 0.2) is 0 Å². The summed E-state index contributed by atoms with van der Waals surface area (Å²) in [6.07, 6.45) is 11.2. The van der Waals surface area contributed by atoms with Crippen molar-refractivity contribution < 1.29 is 13.9 Å². The largest absolute Gasteiger partial charge is 0.476 e. The zero-order valence-electron chi connectivity index (χ0n) is 19.5. The van der Waals surface area contributed by atoms with Gasteiger partial charge in [-0.2, -0.15) is 0 Å². The molecule has 2 aliphatic rings. The molecule has 1 amide bonds. The smallest absolute Gasteiger partial charge is 0.257 e. The van der Waals surface area contributed by atoms with E-state index in [2.05, 4.69) is 19.8 Å². The first-order valence-electron chi connectivity index (χ1n) is 12.5. The lowest BCUT2D eigenvalue weighted by atomic mass is 9.95. The highest BCUT2D eigenvalue weighted by Gasteiger charge is 2.24. The molecule has 7 nitrogen and oxygen atoms in total. The molecule has 0 spiro atoms. The van der Waals surface area contributed by atoms with E-state index in [0.717, 1.165) is 56.4 Å². The maximum atomic E-state index is 13.3. The molecule has 1 saturated carbocycles. The van der Waals surface area contributed by atoms with Crippen molar-refractivity contribution in [1.82, 2.24) is 19.4 Å². The summed E-state index contributed by atoms with van der Waals surface area (Å²) in [5.74, 6) is 0.407. The molecule has 0 bridgehead atoms. The highest BCUT2D eigenvalue weighted by molar-refractivity contribution is 6.04. The SMILES string of the molecule is O=C(Nc1nc2cnc(OCCN3CCCCC3)cc2n1C1CCCCC1)c1ccc(F)cc1. The van der Waals surface area contributed by atoms with E-state index >= 15 is 0 Å². The Bertz CT molecular complexity index is 1120. The lowest BCUT2D eigenvalue weighted by Crippen LogP contribution is -2.33. The maximum Gasteiger partial charge on any atom is 0.257 e. The molecule has 2 aromatic heterocycles. The summed E-state index contributed by atoms with van der Waals surface area (Å²) in [7, 11) is 0. The molecule has 1 aromatic carbocycles. The van der Waals surface area contributed by atoms with Gasteiger partial charge in [-0.15, -0.1) is 0 Å². The van der Waals surface area contributed by atoms with Crippen molar-refractivity contribution in [2.75, 3.05) is 31.6 Å². The topological polar surface area (TPSA) is 72.3 Å². The molecule has 3 heterocycles. The Morgan fingerprint density at radius 2 is 1.79 bits per heavy atom. The molecule has 0 atom stereocenters. The number of nitrogens with zero attached hydrogens (tertiary/aromatic N) is 4. The summed E-state index contributed by atoms with van der Waals surface area (Å²) >= 11 is 0. The van der Waals surface area contributed by atoms with Gasteiger partial charge in [-0.05, 0) is 63.0 Å². The molecule has 1 saturated heterocycles. The van der Waals surface area contributed by atoms with Gasteiger partial charge in [0.2, 0.25) is 11.8 Å². The summed E-state index contributed by atoms with van der Waals surface area (Å²) < 4.78 is 21.4. The minimum Gasteiger partial charge on any atom is -0.476 e. The Hall–Kier alpha value is -3.00. The number of fused-ring (bicyclic) bond motifs is 1. The molecule has 3 aromatic rings. The summed E-state index contributed by atoms with van der Waals surface area (Å²) in [5, 5.41) is 2.95. The first-order chi connectivity index (χ1) is 16.7. The second kappa shape index (κ2) is 10.5. The second-order valence-corrected chi connectivity index (χ2v) is 9.32. The molecule has 180 valence electrons. The fraction of sp³-hybridized carbons (Fsp3) is 0.500. The second-order valence-electron chi connectivity index (χ2n) is 9.32. The summed E-state index contributed by atoms with van der Waals surface area (Å²) in [5.41, 5.74) is 2.04. The van der Waals surface area contributed by atoms with Gasteiger partial charge in [0, 0.05) is 24.2 Å². The van der Waals surface area contributed by atoms with Crippen LogP contribution in [0.25, 0.3) is 11.0 Å². The van der Waals surface area contributed by atoms with Gasteiger partial charge in [-0.1, -0.05) is 25.7 Å². The van der Waals surface area contributed by atoms with Crippen molar-refractivity contribution in [3.05, 3.63) is 47.9 Å². The van der Waals surface area contributed by atoms with E-state index in [9.17, 15) is 9.18 Å². The normalized spacial score (nSPS) is 17.7. The van der Waals surface area contributed by atoms with E-state index in [-0.39, 0.29) is 17.8 Å². The highest BCUT2D eigenvalue weighted by atomic mass is 19.1. The van der Waals surface area contributed by atoms with Crippen molar-refractivity contribution in [2.24, 2.45) is 0 Å². The lowest BCUT2D eigenvalue weighted by Gasteiger charge is -2.26. The van der Waals surface area contributed by atoms with Crippen molar-refractivity contribution in [3.63, 3.8) is 0 Å². The number of halogens is 1. The molecular weight excluding hydrogens is 433 g/mol. The molecule has 34 heavy (non-hydrogen) atoms. The Kier molecular flexibility index (Phi) is 7.04. The van der Waals surface area contributed by atoms with Crippen LogP contribution in [0.15, 0.2) is 36.5 Å². The van der Waals surface area contributed by atoms with Crippen molar-refractivity contribution in [1.29, 1.82) is 0 Å². The van der Waals surface area contributed by atoms with Crippen molar-refractivity contribution in [3.8, 4) is 5.88 Å². The number of imidazole rings is 1. The number of hydrogen-bond donors (Lipinski definition) is 1. The Morgan fingerprint density at radius 3 is 2.56 bits per heavy atom. The lowest BCUT2D eigenvalue weighted by molar-refractivity contribution is 0.102. The molecule has 5 rings (SSSR count). The fourth-order valence-corrected chi connectivity index (χ4v) is 5.09. The van der Waals surface area contributed by atoms with Crippen molar-refractivity contribution in [2.45, 2.75) is 57.4 Å². The Labute approximate surface area is 199 Å². The minimum atomic E-state index is -0.370. The van der Waals surface area contributed by atoms with E-state index in [1.165, 1.54) is 49.9 Å². The van der Waals surface area contributed by atoms with E-state index in [4.69, 9.17) is 9.72 Å². The molecule has 0 unspecified atom stereocenters. The summed E-state index contributed by atoms with van der Waals surface area (Å²) in [6, 6.07) is 7.74. The van der Waals surface area contributed by atoms with Gasteiger partial charge in [0.25, 0.3) is 5.91 Å². The highest BCUT2D eigenvalue weighted by Crippen LogP contribution is 2.35. The van der Waals surface area contributed by atoms with Gasteiger partial charge in [-0.25, -0.2) is 14.4 Å². The monoisotopic (exact) mass is 465 g/mol. The van der Waals surface area contributed by atoms with Crippen LogP contribution in [0.4, 0.5) is 10.3 Å². The van der Waals surface area contributed by atoms with Crippen molar-refractivity contribution >= 4 is 22.9 Å². The minimum absolute atomic E-state index is 0.255. The predicted molar refractivity (Wildman–Crippen MR) is 130 cm³/mol. The number of benzene rings is 1. The van der Waals surface area contributed by atoms with Gasteiger partial charge in [-0.3, -0.25) is 15.0 Å². The van der Waals surface area contributed by atoms with Gasteiger partial charge < -0.3 is 9.30 Å². The van der Waals surface area contributed by atoms with Crippen LogP contribution in [0.1, 0.15) is 67.8 Å². The average Bonchev–Trinajstić information content (AvgIpc) is 3.22. The Balaban J connectivity index is 1.38. The standard InChI is InChI=1S/C26H32FN5O2/c27-20-11-9-19(10-12-20)25(33)30-26-29-22-18-28-24(34-16-15-31-13-5-2-6-14-31)17-23(22)32(26)21-7-3-1-4-8-21/h9-12,17-18,21H,1-8,13-16H2,(H,29,30,33). The number of carbonyl (C=O) groups is 1. The number of aromatic nitrogens is 3. The number of piperidine rings is 1. The van der Waals surface area contributed by atoms with Crippen LogP contribution in [0.2, 0.25) is 0 Å². The average molecular weight is 466 g/mol. The van der Waals surface area contributed by atoms with Crippen LogP contribution in [-0.4, -0.2) is 51.6 Å². The van der Waals surface area contributed by atoms with E-state index in [1.807, 2.05) is 6.07 Å². The van der Waals surface area contributed by atoms with Crippen LogP contribution in [0.5, 0.6) is 5.88 Å². The van der Waals surface area contributed by atoms with Gasteiger partial charge in [0.1, 0.15) is 17.9 Å². The quantitative estimate of drug-likeness (QED) is 0.520. The first-order valence-corrected chi connectivity index (χ1v) is 12.5. The number of nitrogens with one attached hydrogen (secondary N) is 1. The fourth-order valence-electron chi connectivity index (χ4n) is 5.09. The predicted octanol–water partition coefficient (Wildman–Crippen LogP) is 5.19. The molecule has 2 fully saturated rings. The molecule has 1 aliphatic carbocycles. The summed E-state index contributed by atoms with van der Waals surface area (Å²) in [4.78, 5) is 24.5. The zero-order chi connectivity index (χ0) is 23.3. The van der Waals surface area contributed by atoms with E-state index in [0.29, 0.717) is 24.0 Å². The maximum absolute atomic E-state index is 13.3. The third kappa shape index (κ3) is 5.22. The van der Waals surface area contributed by atoms with Gasteiger partial charge in [0.05, 0.1) is 11.7 Å². The number of likely N-dealkylation sites (tertiary alicyclic amines) is 1. The Morgan fingerprint density at radius 1 is 1.06 bits per heavy atom. The third-order valence-corrected chi connectivity index (χ3v) is 6.93. The first kappa shape index (κ1) is 22.8. The molecule has 0 radical (unpaired) electrons. The molecule has 8 heteroatoms. The number of pyridine rings is 1. The number of carbonyl (C=O) groups excluding carboxylic acids is 1. The van der Waals surface area contributed by atoms with Crippen LogP contribution in [-0.2, 0) is 0 Å². The van der Waals surface area contributed by atoms with Crippen LogP contribution < -0.4 is 10.1 Å². The summed E-state index contributed by atoms with van der Waals surface area (Å²) in [6.45, 7) is 3.79.